The van der Waals surface area contributed by atoms with Crippen LogP contribution in [0.5, 0.6) is 0 Å². The van der Waals surface area contributed by atoms with Crippen molar-refractivity contribution in [3.8, 4) is 16.9 Å². The lowest BCUT2D eigenvalue weighted by atomic mass is 9.98. The Morgan fingerprint density at radius 2 is 1.62 bits per heavy atom. The molecular formula is C28H33F3N6O7S. The first-order chi connectivity index (χ1) is 20.6. The van der Waals surface area contributed by atoms with Gasteiger partial charge in [0.25, 0.3) is 22.7 Å². The molecule has 0 fully saturated rings. The van der Waals surface area contributed by atoms with E-state index in [1.165, 1.54) is 26.0 Å². The van der Waals surface area contributed by atoms with Crippen molar-refractivity contribution < 1.29 is 45.7 Å². The predicted octanol–water partition coefficient (Wildman–Crippen LogP) is 4.74. The summed E-state index contributed by atoms with van der Waals surface area (Å²) >= 11 is 0. The molecule has 0 bridgehead atoms. The van der Waals surface area contributed by atoms with Gasteiger partial charge in [-0.3, -0.25) is 9.59 Å². The third kappa shape index (κ3) is 8.29. The number of benzene rings is 2. The van der Waals surface area contributed by atoms with Crippen LogP contribution in [-0.4, -0.2) is 59.4 Å². The number of alkyl halides is 3. The number of amides is 1. The van der Waals surface area contributed by atoms with Gasteiger partial charge in [0.15, 0.2) is 11.2 Å². The molecule has 1 heterocycles. The van der Waals surface area contributed by atoms with E-state index in [9.17, 15) is 36.4 Å². The average molecular weight is 655 g/mol. The minimum Gasteiger partial charge on any atom is -0.569 e. The number of likely N-dealkylation sites (N-methyl/N-ethyl adjacent to an activating group) is 1. The van der Waals surface area contributed by atoms with Crippen molar-refractivity contribution >= 4 is 21.9 Å². The monoisotopic (exact) mass is 654 g/mol. The first kappa shape index (κ1) is 34.8. The van der Waals surface area contributed by atoms with E-state index in [0.29, 0.717) is 5.56 Å². The molecule has 17 heteroatoms. The second kappa shape index (κ2) is 12.7. The Morgan fingerprint density at radius 3 is 2.16 bits per heavy atom. The molecule has 244 valence electrons. The molecule has 2 aromatic carbocycles. The van der Waals surface area contributed by atoms with Gasteiger partial charge in [0.05, 0.1) is 33.7 Å². The lowest BCUT2D eigenvalue weighted by Gasteiger charge is -2.29. The van der Waals surface area contributed by atoms with Crippen LogP contribution < -0.4 is 4.72 Å². The summed E-state index contributed by atoms with van der Waals surface area (Å²) in [4.78, 5) is 28.9. The Hall–Kier alpha value is -4.67. The number of hydrazine groups is 1. The Morgan fingerprint density at radius 1 is 1.04 bits per heavy atom. The van der Waals surface area contributed by atoms with Crippen molar-refractivity contribution in [2.75, 3.05) is 13.8 Å². The Balaban J connectivity index is 1.78. The summed E-state index contributed by atoms with van der Waals surface area (Å²) in [5.41, 5.74) is -2.14. The van der Waals surface area contributed by atoms with E-state index in [4.69, 9.17) is 4.74 Å². The van der Waals surface area contributed by atoms with Crippen molar-refractivity contribution in [1.29, 1.82) is 0 Å². The molecule has 1 amide bonds. The van der Waals surface area contributed by atoms with Gasteiger partial charge < -0.3 is 14.8 Å². The maximum absolute atomic E-state index is 13.5. The molecule has 0 saturated carbocycles. The number of sulfonamides is 1. The van der Waals surface area contributed by atoms with Crippen LogP contribution in [0.3, 0.4) is 0 Å². The van der Waals surface area contributed by atoms with Crippen molar-refractivity contribution in [3.05, 3.63) is 71.1 Å². The molecule has 3 rings (SSSR count). The summed E-state index contributed by atoms with van der Waals surface area (Å²) in [5.74, 6) is -1.73. The molecule has 45 heavy (non-hydrogen) atoms. The van der Waals surface area contributed by atoms with Crippen LogP contribution in [-0.2, 0) is 35.4 Å². The van der Waals surface area contributed by atoms with Gasteiger partial charge in [-0.15, -0.1) is 5.01 Å². The minimum absolute atomic E-state index is 0.125. The van der Waals surface area contributed by atoms with Crippen molar-refractivity contribution in [3.63, 3.8) is 0 Å². The highest BCUT2D eigenvalue weighted by atomic mass is 32.2. The van der Waals surface area contributed by atoms with Crippen LogP contribution in [0.15, 0.2) is 64.8 Å². The number of hydrogen-bond acceptors (Lipinski definition) is 9. The Kier molecular flexibility index (Phi) is 9.86. The second-order valence-electron chi connectivity index (χ2n) is 11.5. The van der Waals surface area contributed by atoms with Crippen LogP contribution in [0.2, 0.25) is 0 Å². The highest BCUT2D eigenvalue weighted by Crippen LogP contribution is 2.33. The number of esters is 1. The summed E-state index contributed by atoms with van der Waals surface area (Å²) in [5, 5.41) is 20.0. The maximum atomic E-state index is 13.5. The molecule has 3 aromatic rings. The number of nitrogens with one attached hydrogen (secondary N) is 1. The van der Waals surface area contributed by atoms with Crippen LogP contribution in [0.25, 0.3) is 16.9 Å². The first-order valence-corrected chi connectivity index (χ1v) is 14.8. The van der Waals surface area contributed by atoms with E-state index in [1.807, 2.05) is 11.6 Å². The van der Waals surface area contributed by atoms with Gasteiger partial charge in [0.2, 0.25) is 5.28 Å². The standard InChI is InChI=1S/C28H33F3N6O7S/c1-18-8-10-19(11-9-18)22-16-23(28(29,30)31)32-36(22)20-12-14-21(15-13-20)45(41,42)33-24(38)27(5,6)35(7)37(40)34-44-17-43-25(39)26(2,3)4/h8-16H,17H2,1-7H3,(H,33,38)/b37-34+. The van der Waals surface area contributed by atoms with E-state index in [2.05, 4.69) is 15.2 Å². The number of nitrogens with zero attached hydrogens (tertiary/aromatic N) is 5. The van der Waals surface area contributed by atoms with E-state index in [0.717, 1.165) is 40.5 Å². The second-order valence-corrected chi connectivity index (χ2v) is 13.1. The van der Waals surface area contributed by atoms with Gasteiger partial charge in [-0.2, -0.15) is 18.3 Å². The number of halogens is 3. The topological polar surface area (TPSA) is 158 Å². The SMILES string of the molecule is Cc1ccc(-c2cc(C(F)(F)F)nn2-c2ccc(S(=O)(=O)NC(=O)C(C)(C)N(C)/[N+]([O-])=N\OCOC(=O)C(C)(C)C)cc2)cc1. The van der Waals surface area contributed by atoms with E-state index >= 15 is 0 Å². The summed E-state index contributed by atoms with van der Waals surface area (Å²) in [6.45, 7) is 8.46. The highest BCUT2D eigenvalue weighted by Gasteiger charge is 2.41. The number of hydrogen-bond donors (Lipinski definition) is 1. The molecule has 0 unspecified atom stereocenters. The predicted molar refractivity (Wildman–Crippen MR) is 153 cm³/mol. The van der Waals surface area contributed by atoms with E-state index in [1.54, 1.807) is 45.0 Å². The third-order valence-corrected chi connectivity index (χ3v) is 7.92. The van der Waals surface area contributed by atoms with Gasteiger partial charge in [-0.1, -0.05) is 29.8 Å². The highest BCUT2D eigenvalue weighted by molar-refractivity contribution is 7.90. The summed E-state index contributed by atoms with van der Waals surface area (Å²) in [6.07, 6.45) is -4.73. The number of aromatic nitrogens is 2. The average Bonchev–Trinajstić information content (AvgIpc) is 3.40. The molecule has 13 nitrogen and oxygen atoms in total. The number of carbonyl (C=O) groups is 2. The number of aryl methyl sites for hydroxylation is 1. The molecule has 0 aliphatic carbocycles. The fourth-order valence-corrected chi connectivity index (χ4v) is 4.61. The molecule has 1 N–H and O–H groups in total. The lowest BCUT2D eigenvalue weighted by molar-refractivity contribution is -0.717. The van der Waals surface area contributed by atoms with Gasteiger partial charge in [-0.05, 0) is 71.9 Å². The van der Waals surface area contributed by atoms with Crippen molar-refractivity contribution in [2.45, 2.75) is 58.2 Å². The molecule has 0 aliphatic heterocycles. The fraction of sp³-hybridized carbons (Fsp3) is 0.393. The van der Waals surface area contributed by atoms with Crippen molar-refractivity contribution in [1.82, 2.24) is 19.5 Å². The van der Waals surface area contributed by atoms with E-state index in [-0.39, 0.29) is 21.2 Å². The van der Waals surface area contributed by atoms with Crippen LogP contribution in [0.4, 0.5) is 13.2 Å². The Labute approximate surface area is 257 Å². The zero-order valence-corrected chi connectivity index (χ0v) is 26.4. The van der Waals surface area contributed by atoms with Crippen LogP contribution in [0, 0.1) is 17.5 Å². The van der Waals surface area contributed by atoms with Gasteiger partial charge in [0.1, 0.15) is 0 Å². The molecule has 0 atom stereocenters. The zero-order valence-electron chi connectivity index (χ0n) is 25.5. The van der Waals surface area contributed by atoms with Gasteiger partial charge in [0, 0.05) is 5.56 Å². The number of rotatable bonds is 10. The van der Waals surface area contributed by atoms with E-state index < -0.39 is 51.5 Å². The fourth-order valence-electron chi connectivity index (χ4n) is 3.50. The quantitative estimate of drug-likeness (QED) is 0.0814. The van der Waals surface area contributed by atoms with Crippen LogP contribution >= 0.6 is 0 Å². The van der Waals surface area contributed by atoms with Crippen molar-refractivity contribution in [2.24, 2.45) is 10.7 Å². The number of carbonyl (C=O) groups excluding carboxylic acids is 2. The molecule has 0 saturated heterocycles. The maximum Gasteiger partial charge on any atom is 0.435 e. The molecule has 0 spiro atoms. The first-order valence-electron chi connectivity index (χ1n) is 13.3. The molecule has 1 aromatic heterocycles. The Bertz CT molecular complexity index is 1680. The molecule has 0 aliphatic rings. The lowest BCUT2D eigenvalue weighted by Crippen LogP contribution is -2.56. The summed E-state index contributed by atoms with van der Waals surface area (Å²) < 4.78 is 74.3. The normalized spacial score (nSPS) is 12.9. The minimum atomic E-state index is -4.73. The summed E-state index contributed by atoms with van der Waals surface area (Å²) in [7, 11) is -3.36. The third-order valence-electron chi connectivity index (χ3n) is 6.57. The summed E-state index contributed by atoms with van der Waals surface area (Å²) in [6, 6.07) is 12.3. The zero-order chi connectivity index (χ0) is 34.0. The van der Waals surface area contributed by atoms with Gasteiger partial charge >= 0.3 is 12.1 Å². The largest absolute Gasteiger partial charge is 0.569 e. The van der Waals surface area contributed by atoms with Gasteiger partial charge in [-0.25, -0.2) is 17.8 Å². The number of ether oxygens (including phenoxy) is 1. The molecule has 0 radical (unpaired) electrons. The molecular weight excluding hydrogens is 621 g/mol. The smallest absolute Gasteiger partial charge is 0.435 e. The van der Waals surface area contributed by atoms with Crippen LogP contribution in [0.1, 0.15) is 45.9 Å².